The maximum atomic E-state index is 12.1. The first-order valence-electron chi connectivity index (χ1n) is 6.47. The minimum Gasteiger partial charge on any atom is -0.348 e. The number of carbonyl (C=O) groups is 1. The lowest BCUT2D eigenvalue weighted by Crippen LogP contribution is -2.35. The van der Waals surface area contributed by atoms with Crippen LogP contribution in [0.1, 0.15) is 30.3 Å². The van der Waals surface area contributed by atoms with Crippen LogP contribution in [0.3, 0.4) is 0 Å². The number of halogens is 1. The molecule has 0 spiro atoms. The standard InChI is InChI=1S/C15H17ClN2O/c1-2-12(9-10-16)17-15(19)14-8-7-11-5-3-4-6-13(11)18-14/h3-8,12H,2,9-10H2,1H3,(H,17,19). The molecular weight excluding hydrogens is 260 g/mol. The lowest BCUT2D eigenvalue weighted by Gasteiger charge is -2.15. The van der Waals surface area contributed by atoms with Crippen LogP contribution < -0.4 is 5.32 Å². The zero-order valence-electron chi connectivity index (χ0n) is 10.9. The number of pyridine rings is 1. The fourth-order valence-electron chi connectivity index (χ4n) is 1.96. The molecule has 2 aromatic rings. The zero-order chi connectivity index (χ0) is 13.7. The third-order valence-corrected chi connectivity index (χ3v) is 3.33. The van der Waals surface area contributed by atoms with Crippen molar-refractivity contribution < 1.29 is 4.79 Å². The van der Waals surface area contributed by atoms with E-state index in [1.165, 1.54) is 0 Å². The molecule has 0 fully saturated rings. The Kier molecular flexibility index (Phi) is 4.74. The number of benzene rings is 1. The van der Waals surface area contributed by atoms with Gasteiger partial charge in [-0.3, -0.25) is 4.79 Å². The van der Waals surface area contributed by atoms with Crippen molar-refractivity contribution in [2.45, 2.75) is 25.8 Å². The van der Waals surface area contributed by atoms with E-state index in [0.717, 1.165) is 23.7 Å². The molecule has 1 aromatic carbocycles. The summed E-state index contributed by atoms with van der Waals surface area (Å²) >= 11 is 5.72. The molecule has 1 aromatic heterocycles. The molecule has 0 saturated carbocycles. The van der Waals surface area contributed by atoms with Gasteiger partial charge in [-0.15, -0.1) is 11.6 Å². The van der Waals surface area contributed by atoms with E-state index >= 15 is 0 Å². The number of aromatic nitrogens is 1. The third kappa shape index (κ3) is 3.44. The molecule has 2 rings (SSSR count). The predicted molar refractivity (Wildman–Crippen MR) is 78.6 cm³/mol. The van der Waals surface area contributed by atoms with Gasteiger partial charge in [-0.1, -0.05) is 31.2 Å². The van der Waals surface area contributed by atoms with Crippen molar-refractivity contribution >= 4 is 28.4 Å². The second kappa shape index (κ2) is 6.53. The van der Waals surface area contributed by atoms with Gasteiger partial charge in [0.15, 0.2) is 0 Å². The average molecular weight is 277 g/mol. The molecule has 0 aliphatic carbocycles. The molecule has 100 valence electrons. The Balaban J connectivity index is 2.16. The monoisotopic (exact) mass is 276 g/mol. The molecule has 1 N–H and O–H groups in total. The van der Waals surface area contributed by atoms with E-state index in [9.17, 15) is 4.79 Å². The Hall–Kier alpha value is -1.61. The van der Waals surface area contributed by atoms with Crippen molar-refractivity contribution in [2.24, 2.45) is 0 Å². The quantitative estimate of drug-likeness (QED) is 0.851. The largest absolute Gasteiger partial charge is 0.348 e. The molecule has 0 radical (unpaired) electrons. The number of nitrogens with one attached hydrogen (secondary N) is 1. The van der Waals surface area contributed by atoms with Crippen LogP contribution in [0.4, 0.5) is 0 Å². The van der Waals surface area contributed by atoms with Crippen LogP contribution in [0, 0.1) is 0 Å². The summed E-state index contributed by atoms with van der Waals surface area (Å²) in [6.45, 7) is 2.03. The Morgan fingerprint density at radius 1 is 1.32 bits per heavy atom. The Labute approximate surface area is 118 Å². The van der Waals surface area contributed by atoms with Crippen molar-refractivity contribution in [1.82, 2.24) is 10.3 Å². The summed E-state index contributed by atoms with van der Waals surface area (Å²) in [6.07, 6.45) is 1.64. The van der Waals surface area contributed by atoms with Gasteiger partial charge < -0.3 is 5.32 Å². The van der Waals surface area contributed by atoms with Gasteiger partial charge in [-0.25, -0.2) is 4.98 Å². The summed E-state index contributed by atoms with van der Waals surface area (Å²) in [4.78, 5) is 16.5. The summed E-state index contributed by atoms with van der Waals surface area (Å²) < 4.78 is 0. The van der Waals surface area contributed by atoms with Crippen LogP contribution in [0.2, 0.25) is 0 Å². The fourth-order valence-corrected chi connectivity index (χ4v) is 2.23. The van der Waals surface area contributed by atoms with Gasteiger partial charge in [0.25, 0.3) is 5.91 Å². The Bertz CT molecular complexity index is 571. The summed E-state index contributed by atoms with van der Waals surface area (Å²) in [5.41, 5.74) is 1.28. The van der Waals surface area contributed by atoms with Gasteiger partial charge >= 0.3 is 0 Å². The maximum absolute atomic E-state index is 12.1. The molecule has 3 nitrogen and oxygen atoms in total. The third-order valence-electron chi connectivity index (χ3n) is 3.12. The molecule has 0 bridgehead atoms. The summed E-state index contributed by atoms with van der Waals surface area (Å²) in [5, 5.41) is 4.00. The van der Waals surface area contributed by atoms with E-state index in [0.29, 0.717) is 11.6 Å². The van der Waals surface area contributed by atoms with E-state index in [1.807, 2.05) is 37.3 Å². The SMILES string of the molecule is CCC(CCCl)NC(=O)c1ccc2ccccc2n1. The van der Waals surface area contributed by atoms with Crippen LogP contribution in [0.25, 0.3) is 10.9 Å². The highest BCUT2D eigenvalue weighted by Gasteiger charge is 2.13. The smallest absolute Gasteiger partial charge is 0.270 e. The van der Waals surface area contributed by atoms with Crippen LogP contribution in [0.5, 0.6) is 0 Å². The van der Waals surface area contributed by atoms with Crippen molar-refractivity contribution in [2.75, 3.05) is 5.88 Å². The highest BCUT2D eigenvalue weighted by atomic mass is 35.5. The van der Waals surface area contributed by atoms with Crippen molar-refractivity contribution in [3.8, 4) is 0 Å². The van der Waals surface area contributed by atoms with Crippen molar-refractivity contribution in [3.63, 3.8) is 0 Å². The number of para-hydroxylation sites is 1. The number of hydrogen-bond donors (Lipinski definition) is 1. The second-order valence-corrected chi connectivity index (χ2v) is 4.82. The topological polar surface area (TPSA) is 42.0 Å². The molecule has 1 heterocycles. The number of carbonyl (C=O) groups excluding carboxylic acids is 1. The average Bonchev–Trinajstić information content (AvgIpc) is 2.46. The van der Waals surface area contributed by atoms with Crippen LogP contribution in [0.15, 0.2) is 36.4 Å². The van der Waals surface area contributed by atoms with Gasteiger partial charge in [0.05, 0.1) is 5.52 Å². The number of nitrogens with zero attached hydrogens (tertiary/aromatic N) is 1. The minimum atomic E-state index is -0.136. The number of hydrogen-bond acceptors (Lipinski definition) is 2. The predicted octanol–water partition coefficient (Wildman–Crippen LogP) is 3.37. The van der Waals surface area contributed by atoms with Crippen molar-refractivity contribution in [3.05, 3.63) is 42.1 Å². The molecule has 0 aliphatic heterocycles. The highest BCUT2D eigenvalue weighted by Crippen LogP contribution is 2.12. The van der Waals surface area contributed by atoms with Crippen LogP contribution >= 0.6 is 11.6 Å². The van der Waals surface area contributed by atoms with Gasteiger partial charge in [0, 0.05) is 17.3 Å². The summed E-state index contributed by atoms with van der Waals surface area (Å²) in [7, 11) is 0. The van der Waals surface area contributed by atoms with Gasteiger partial charge in [0.2, 0.25) is 0 Å². The molecule has 19 heavy (non-hydrogen) atoms. The van der Waals surface area contributed by atoms with E-state index in [4.69, 9.17) is 11.6 Å². The molecule has 1 unspecified atom stereocenters. The Morgan fingerprint density at radius 2 is 2.11 bits per heavy atom. The lowest BCUT2D eigenvalue weighted by atomic mass is 10.1. The van der Waals surface area contributed by atoms with E-state index < -0.39 is 0 Å². The molecule has 0 saturated heterocycles. The first-order chi connectivity index (χ1) is 9.24. The molecular formula is C15H17ClN2O. The Morgan fingerprint density at radius 3 is 2.84 bits per heavy atom. The van der Waals surface area contributed by atoms with Crippen LogP contribution in [-0.4, -0.2) is 22.8 Å². The summed E-state index contributed by atoms with van der Waals surface area (Å²) in [5.74, 6) is 0.409. The number of amides is 1. The normalized spacial score (nSPS) is 12.3. The fraction of sp³-hybridized carbons (Fsp3) is 0.333. The maximum Gasteiger partial charge on any atom is 0.270 e. The number of rotatable bonds is 5. The van der Waals surface area contributed by atoms with Gasteiger partial charge in [-0.05, 0) is 25.0 Å². The minimum absolute atomic E-state index is 0.110. The lowest BCUT2D eigenvalue weighted by molar-refractivity contribution is 0.0930. The number of alkyl halides is 1. The molecule has 1 atom stereocenters. The second-order valence-electron chi connectivity index (χ2n) is 4.45. The first-order valence-corrected chi connectivity index (χ1v) is 7.00. The first kappa shape index (κ1) is 13.8. The van der Waals surface area contributed by atoms with Gasteiger partial charge in [0.1, 0.15) is 5.69 Å². The van der Waals surface area contributed by atoms with Crippen LogP contribution in [-0.2, 0) is 0 Å². The summed E-state index contributed by atoms with van der Waals surface area (Å²) in [6, 6.07) is 11.5. The van der Waals surface area contributed by atoms with Crippen molar-refractivity contribution in [1.29, 1.82) is 0 Å². The van der Waals surface area contributed by atoms with E-state index in [2.05, 4.69) is 10.3 Å². The van der Waals surface area contributed by atoms with E-state index in [1.54, 1.807) is 6.07 Å². The molecule has 4 heteroatoms. The van der Waals surface area contributed by atoms with E-state index in [-0.39, 0.29) is 11.9 Å². The van der Waals surface area contributed by atoms with Gasteiger partial charge in [-0.2, -0.15) is 0 Å². The highest BCUT2D eigenvalue weighted by molar-refractivity contribution is 6.17. The zero-order valence-corrected chi connectivity index (χ0v) is 11.7. The number of fused-ring (bicyclic) bond motifs is 1. The molecule has 0 aliphatic rings. The molecule has 1 amide bonds.